The average Bonchev–Trinajstić information content (AvgIpc) is 2.67. The number of rotatable bonds is 5. The Hall–Kier alpha value is -2.41. The van der Waals surface area contributed by atoms with Crippen molar-refractivity contribution in [2.45, 2.75) is 43.7 Å². The number of aromatic nitrogens is 3. The molecule has 7 heteroatoms. The van der Waals surface area contributed by atoms with Crippen LogP contribution >= 0.6 is 11.8 Å². The number of thioether (sulfide) groups is 1. The van der Waals surface area contributed by atoms with Gasteiger partial charge in [0.05, 0.1) is 11.5 Å². The first-order valence-corrected chi connectivity index (χ1v) is 10.3. The lowest BCUT2D eigenvalue weighted by Gasteiger charge is -2.36. The van der Waals surface area contributed by atoms with Gasteiger partial charge in [0.25, 0.3) is 5.56 Å². The van der Waals surface area contributed by atoms with E-state index in [1.165, 1.54) is 0 Å². The number of H-pyrrole nitrogens is 1. The Morgan fingerprint density at radius 1 is 1.30 bits per heavy atom. The number of carbonyl (C=O) groups excluding carboxylic acids is 1. The quantitative estimate of drug-likeness (QED) is 0.468. The van der Waals surface area contributed by atoms with Gasteiger partial charge in [0.2, 0.25) is 0 Å². The molecule has 0 saturated carbocycles. The number of pyridine rings is 1. The Labute approximate surface area is 161 Å². The molecule has 140 valence electrons. The number of allylic oxidation sites excluding steroid dienone is 2. The zero-order valence-electron chi connectivity index (χ0n) is 15.2. The van der Waals surface area contributed by atoms with E-state index in [1.807, 2.05) is 12.1 Å². The number of hydrogen-bond donors (Lipinski definition) is 2. The Balaban J connectivity index is 1.83. The van der Waals surface area contributed by atoms with Crippen LogP contribution in [-0.2, 0) is 4.79 Å². The molecule has 0 saturated heterocycles. The molecule has 0 radical (unpaired) electrons. The Bertz CT molecular complexity index is 939. The normalized spacial score (nSPS) is 21.1. The first-order valence-electron chi connectivity index (χ1n) is 9.35. The predicted octanol–water partition coefficient (Wildman–Crippen LogP) is 3.48. The SMILES string of the molecule is CCCCSc1nc2c(c(=O)[nH]1)[C@H](c1cccnc1)[C@H]1C(=O)CCC=C1N2. The van der Waals surface area contributed by atoms with E-state index >= 15 is 0 Å². The summed E-state index contributed by atoms with van der Waals surface area (Å²) >= 11 is 1.55. The van der Waals surface area contributed by atoms with Crippen molar-refractivity contribution in [1.29, 1.82) is 0 Å². The van der Waals surface area contributed by atoms with Gasteiger partial charge in [0.15, 0.2) is 5.16 Å². The van der Waals surface area contributed by atoms with Crippen LogP contribution in [0.1, 0.15) is 49.7 Å². The molecule has 1 aliphatic carbocycles. The third-order valence-corrected chi connectivity index (χ3v) is 6.02. The molecule has 2 atom stereocenters. The van der Waals surface area contributed by atoms with E-state index in [0.717, 1.165) is 29.9 Å². The van der Waals surface area contributed by atoms with Crippen molar-refractivity contribution >= 4 is 23.4 Å². The molecule has 1 aliphatic heterocycles. The van der Waals surface area contributed by atoms with Crippen molar-refractivity contribution < 1.29 is 4.79 Å². The number of nitrogens with zero attached hydrogens (tertiary/aromatic N) is 2. The van der Waals surface area contributed by atoms with E-state index in [2.05, 4.69) is 33.3 Å². The topological polar surface area (TPSA) is 87.7 Å². The maximum Gasteiger partial charge on any atom is 0.257 e. The summed E-state index contributed by atoms with van der Waals surface area (Å²) in [6.45, 7) is 2.14. The average molecular weight is 382 g/mol. The number of fused-ring (bicyclic) bond motifs is 2. The summed E-state index contributed by atoms with van der Waals surface area (Å²) in [6, 6.07) is 3.76. The zero-order valence-corrected chi connectivity index (χ0v) is 16.0. The highest BCUT2D eigenvalue weighted by atomic mass is 32.2. The molecular weight excluding hydrogens is 360 g/mol. The van der Waals surface area contributed by atoms with Crippen LogP contribution in [0, 0.1) is 5.92 Å². The number of unbranched alkanes of at least 4 members (excludes halogenated alkanes) is 1. The van der Waals surface area contributed by atoms with E-state index < -0.39 is 0 Å². The van der Waals surface area contributed by atoms with Gasteiger partial charge in [0.1, 0.15) is 11.6 Å². The Morgan fingerprint density at radius 2 is 2.19 bits per heavy atom. The predicted molar refractivity (Wildman–Crippen MR) is 106 cm³/mol. The third kappa shape index (κ3) is 3.43. The summed E-state index contributed by atoms with van der Waals surface area (Å²) in [4.78, 5) is 37.5. The standard InChI is InChI=1S/C20H22N4O2S/c1-2-3-10-27-20-23-18-17(19(26)24-20)15(12-6-5-9-21-11-12)16-13(22-18)7-4-8-14(16)25/h5-7,9,11,15-16H,2-4,8,10H2,1H3,(H2,22,23,24,26)/t15-,16-/m1/s1. The number of carbonyl (C=O) groups is 1. The van der Waals surface area contributed by atoms with Gasteiger partial charge < -0.3 is 10.3 Å². The van der Waals surface area contributed by atoms with Crippen LogP contribution in [0.5, 0.6) is 0 Å². The molecule has 0 unspecified atom stereocenters. The third-order valence-electron chi connectivity index (χ3n) is 5.06. The van der Waals surface area contributed by atoms with Gasteiger partial charge in [0, 0.05) is 36.2 Å². The van der Waals surface area contributed by atoms with E-state index in [1.54, 1.807) is 24.2 Å². The maximum absolute atomic E-state index is 13.0. The van der Waals surface area contributed by atoms with Crippen molar-refractivity contribution in [2.75, 3.05) is 11.1 Å². The van der Waals surface area contributed by atoms with Gasteiger partial charge in [-0.25, -0.2) is 4.98 Å². The monoisotopic (exact) mass is 382 g/mol. The van der Waals surface area contributed by atoms with Gasteiger partial charge in [-0.2, -0.15) is 0 Å². The minimum absolute atomic E-state index is 0.153. The van der Waals surface area contributed by atoms with Crippen molar-refractivity contribution in [3.05, 3.63) is 57.8 Å². The van der Waals surface area contributed by atoms with E-state index in [9.17, 15) is 9.59 Å². The highest BCUT2D eigenvalue weighted by molar-refractivity contribution is 7.99. The van der Waals surface area contributed by atoms with Gasteiger partial charge in [-0.05, 0) is 24.5 Å². The first-order chi connectivity index (χ1) is 13.2. The second kappa shape index (κ2) is 7.68. The number of anilines is 1. The molecule has 0 bridgehead atoms. The van der Waals surface area contributed by atoms with Gasteiger partial charge in [-0.1, -0.05) is 37.2 Å². The fourth-order valence-electron chi connectivity index (χ4n) is 3.77. The summed E-state index contributed by atoms with van der Waals surface area (Å²) in [7, 11) is 0. The molecule has 0 amide bonds. The smallest absolute Gasteiger partial charge is 0.257 e. The van der Waals surface area contributed by atoms with Crippen molar-refractivity contribution in [3.63, 3.8) is 0 Å². The summed E-state index contributed by atoms with van der Waals surface area (Å²) < 4.78 is 0. The summed E-state index contributed by atoms with van der Waals surface area (Å²) in [5.41, 5.74) is 2.07. The van der Waals surface area contributed by atoms with Crippen molar-refractivity contribution in [2.24, 2.45) is 5.92 Å². The summed E-state index contributed by atoms with van der Waals surface area (Å²) in [6.07, 6.45) is 8.88. The number of ketones is 1. The molecule has 6 nitrogen and oxygen atoms in total. The fraction of sp³-hybridized carbons (Fsp3) is 0.400. The van der Waals surface area contributed by atoms with Gasteiger partial charge >= 0.3 is 0 Å². The molecule has 0 aromatic carbocycles. The number of Topliss-reactive ketones (excluding diaryl/α,β-unsaturated/α-hetero) is 1. The van der Waals surface area contributed by atoms with Gasteiger partial charge in [-0.15, -0.1) is 0 Å². The highest BCUT2D eigenvalue weighted by Gasteiger charge is 2.42. The molecular formula is C20H22N4O2S. The molecule has 3 heterocycles. The first kappa shape index (κ1) is 18.0. The summed E-state index contributed by atoms with van der Waals surface area (Å²) in [5.74, 6) is 0.884. The zero-order chi connectivity index (χ0) is 18.8. The number of aromatic amines is 1. The molecule has 2 aromatic heterocycles. The van der Waals surface area contributed by atoms with Crippen LogP contribution in [0.4, 0.5) is 5.82 Å². The summed E-state index contributed by atoms with van der Waals surface area (Å²) in [5, 5.41) is 3.89. The largest absolute Gasteiger partial charge is 0.343 e. The lowest BCUT2D eigenvalue weighted by Crippen LogP contribution is -2.38. The van der Waals surface area contributed by atoms with Crippen molar-refractivity contribution in [1.82, 2.24) is 15.0 Å². The molecule has 2 aromatic rings. The number of hydrogen-bond acceptors (Lipinski definition) is 6. The fourth-order valence-corrected chi connectivity index (χ4v) is 4.72. The Morgan fingerprint density at radius 3 is 2.96 bits per heavy atom. The molecule has 2 aliphatic rings. The van der Waals surface area contributed by atoms with Crippen LogP contribution in [0.15, 0.2) is 46.3 Å². The molecule has 4 rings (SSSR count). The highest BCUT2D eigenvalue weighted by Crippen LogP contribution is 2.44. The van der Waals surface area contributed by atoms with Crippen molar-refractivity contribution in [3.8, 4) is 0 Å². The van der Waals surface area contributed by atoms with E-state index in [0.29, 0.717) is 29.4 Å². The van der Waals surface area contributed by atoms with Crippen LogP contribution in [0.25, 0.3) is 0 Å². The second-order valence-corrected chi connectivity index (χ2v) is 7.95. The Kier molecular flexibility index (Phi) is 5.11. The second-order valence-electron chi connectivity index (χ2n) is 6.87. The minimum Gasteiger partial charge on any atom is -0.343 e. The van der Waals surface area contributed by atoms with Crippen LogP contribution < -0.4 is 10.9 Å². The lowest BCUT2D eigenvalue weighted by atomic mass is 9.72. The molecule has 2 N–H and O–H groups in total. The maximum atomic E-state index is 13.0. The van der Waals surface area contributed by atoms with Crippen LogP contribution in [-0.4, -0.2) is 26.5 Å². The minimum atomic E-state index is -0.378. The van der Waals surface area contributed by atoms with E-state index in [4.69, 9.17) is 0 Å². The molecule has 0 spiro atoms. The lowest BCUT2D eigenvalue weighted by molar-refractivity contribution is -0.122. The van der Waals surface area contributed by atoms with E-state index in [-0.39, 0.29) is 23.2 Å². The van der Waals surface area contributed by atoms with Crippen LogP contribution in [0.2, 0.25) is 0 Å². The van der Waals surface area contributed by atoms with Gasteiger partial charge in [-0.3, -0.25) is 14.6 Å². The molecule has 27 heavy (non-hydrogen) atoms. The number of nitrogens with one attached hydrogen (secondary N) is 2. The van der Waals surface area contributed by atoms with Crippen LogP contribution in [0.3, 0.4) is 0 Å². The molecule has 0 fully saturated rings.